The van der Waals surface area contributed by atoms with Crippen LogP contribution in [0, 0.1) is 0 Å². The van der Waals surface area contributed by atoms with E-state index in [1.54, 1.807) is 30.5 Å². The lowest BCUT2D eigenvalue weighted by molar-refractivity contribution is -0.106. The van der Waals surface area contributed by atoms with Crippen molar-refractivity contribution in [1.29, 1.82) is 0 Å². The Morgan fingerprint density at radius 2 is 1.92 bits per heavy atom. The van der Waals surface area contributed by atoms with Gasteiger partial charge in [0.15, 0.2) is 5.13 Å². The van der Waals surface area contributed by atoms with Gasteiger partial charge >= 0.3 is 0 Å². The van der Waals surface area contributed by atoms with E-state index in [2.05, 4.69) is 27.8 Å². The molecule has 2 heterocycles. The van der Waals surface area contributed by atoms with Crippen LogP contribution in [0.3, 0.4) is 0 Å². The number of aryl methyl sites for hydroxylation is 1. The summed E-state index contributed by atoms with van der Waals surface area (Å²) < 4.78 is 2.14. The maximum absolute atomic E-state index is 11.6. The molecule has 0 fully saturated rings. The molecule has 0 unspecified atom stereocenters. The number of anilines is 2. The zero-order valence-electron chi connectivity index (χ0n) is 13.4. The van der Waals surface area contributed by atoms with Crippen molar-refractivity contribution in [2.75, 3.05) is 4.90 Å². The Hall–Kier alpha value is -2.63. The summed E-state index contributed by atoms with van der Waals surface area (Å²) in [7, 11) is 2.04. The van der Waals surface area contributed by atoms with Crippen molar-refractivity contribution >= 4 is 51.1 Å². The summed E-state index contributed by atoms with van der Waals surface area (Å²) >= 11 is 7.40. The van der Waals surface area contributed by atoms with E-state index in [-0.39, 0.29) is 0 Å². The number of nitrogens with zero attached hydrogens (tertiary/aromatic N) is 3. The summed E-state index contributed by atoms with van der Waals surface area (Å²) in [6.07, 6.45) is 2.58. The van der Waals surface area contributed by atoms with Crippen LogP contribution in [0.25, 0.3) is 21.5 Å². The van der Waals surface area contributed by atoms with Crippen LogP contribution < -0.4 is 4.90 Å². The van der Waals surface area contributed by atoms with Crippen LogP contribution in [0.2, 0.25) is 5.02 Å². The predicted molar refractivity (Wildman–Crippen MR) is 104 cm³/mol. The summed E-state index contributed by atoms with van der Waals surface area (Å²) in [6, 6.07) is 17.5. The third-order valence-corrected chi connectivity index (χ3v) is 5.39. The molecule has 0 saturated heterocycles. The number of benzene rings is 2. The van der Waals surface area contributed by atoms with Crippen molar-refractivity contribution in [2.24, 2.45) is 7.05 Å². The molecule has 0 saturated carbocycles. The Morgan fingerprint density at radius 3 is 2.64 bits per heavy atom. The summed E-state index contributed by atoms with van der Waals surface area (Å²) in [5, 5.41) is 2.43. The second-order valence-corrected chi connectivity index (χ2v) is 7.05. The number of fused-ring (bicyclic) bond motifs is 1. The monoisotopic (exact) mass is 367 g/mol. The van der Waals surface area contributed by atoms with Gasteiger partial charge in [0, 0.05) is 29.2 Å². The standard InChI is InChI=1S/C19H14ClN3OS/c1-22-16-5-3-2-4-13(16)10-17(22)18-11-21-19(25-18)23(12-24)15-8-6-14(20)7-9-15/h2-12H,1H3. The highest BCUT2D eigenvalue weighted by Crippen LogP contribution is 2.36. The second-order valence-electron chi connectivity index (χ2n) is 5.61. The van der Waals surface area contributed by atoms with Gasteiger partial charge in [0.05, 0.1) is 16.3 Å². The minimum Gasteiger partial charge on any atom is -0.343 e. The first-order chi connectivity index (χ1) is 12.2. The quantitative estimate of drug-likeness (QED) is 0.462. The third-order valence-electron chi connectivity index (χ3n) is 4.11. The highest BCUT2D eigenvalue weighted by atomic mass is 35.5. The van der Waals surface area contributed by atoms with Crippen molar-refractivity contribution in [3.63, 3.8) is 0 Å². The molecule has 0 aliphatic rings. The molecule has 0 atom stereocenters. The van der Waals surface area contributed by atoms with Crippen LogP contribution >= 0.6 is 22.9 Å². The van der Waals surface area contributed by atoms with Gasteiger partial charge in [-0.2, -0.15) is 0 Å². The fraction of sp³-hybridized carbons (Fsp3) is 0.0526. The lowest BCUT2D eigenvalue weighted by Crippen LogP contribution is -2.13. The smallest absolute Gasteiger partial charge is 0.220 e. The minimum atomic E-state index is 0.623. The van der Waals surface area contributed by atoms with E-state index in [9.17, 15) is 4.79 Å². The summed E-state index contributed by atoms with van der Waals surface area (Å²) in [5.74, 6) is 0. The number of hydrogen-bond donors (Lipinski definition) is 0. The van der Waals surface area contributed by atoms with Gasteiger partial charge in [0.2, 0.25) is 6.41 Å². The summed E-state index contributed by atoms with van der Waals surface area (Å²) in [5.41, 5.74) is 2.97. The van der Waals surface area contributed by atoms with Crippen molar-refractivity contribution in [3.8, 4) is 10.6 Å². The molecule has 2 aromatic heterocycles. The number of carbonyl (C=O) groups excluding carboxylic acids is 1. The maximum Gasteiger partial charge on any atom is 0.220 e. The van der Waals surface area contributed by atoms with Crippen LogP contribution in [0.1, 0.15) is 0 Å². The van der Waals surface area contributed by atoms with E-state index in [1.165, 1.54) is 21.6 Å². The van der Waals surface area contributed by atoms with Gasteiger partial charge in [-0.1, -0.05) is 41.1 Å². The lowest BCUT2D eigenvalue weighted by atomic mass is 10.2. The number of carbonyl (C=O) groups is 1. The third kappa shape index (κ3) is 2.81. The summed E-state index contributed by atoms with van der Waals surface area (Å²) in [6.45, 7) is 0. The van der Waals surface area contributed by atoms with E-state index in [4.69, 9.17) is 11.6 Å². The van der Waals surface area contributed by atoms with E-state index in [1.807, 2.05) is 19.2 Å². The Kier molecular flexibility index (Phi) is 4.03. The molecule has 1 amide bonds. The molecular formula is C19H14ClN3OS. The molecule has 2 aromatic carbocycles. The minimum absolute atomic E-state index is 0.623. The van der Waals surface area contributed by atoms with Crippen LogP contribution in [0.15, 0.2) is 60.8 Å². The molecule has 0 aliphatic carbocycles. The molecule has 4 aromatic rings. The molecule has 4 nitrogen and oxygen atoms in total. The van der Waals surface area contributed by atoms with Crippen molar-refractivity contribution in [2.45, 2.75) is 0 Å². The van der Waals surface area contributed by atoms with Gasteiger partial charge in [-0.25, -0.2) is 4.98 Å². The number of hydrogen-bond acceptors (Lipinski definition) is 3. The molecular weight excluding hydrogens is 354 g/mol. The zero-order valence-corrected chi connectivity index (χ0v) is 15.0. The summed E-state index contributed by atoms with van der Waals surface area (Å²) in [4.78, 5) is 18.6. The second kappa shape index (κ2) is 6.35. The average Bonchev–Trinajstić information content (AvgIpc) is 3.23. The molecule has 0 N–H and O–H groups in total. The van der Waals surface area contributed by atoms with Gasteiger partial charge in [0.25, 0.3) is 0 Å². The first-order valence-corrected chi connectivity index (χ1v) is 8.87. The number of thiazole rings is 1. The van der Waals surface area contributed by atoms with Crippen LogP contribution in [-0.4, -0.2) is 16.0 Å². The molecule has 0 bridgehead atoms. The van der Waals surface area contributed by atoms with Crippen molar-refractivity contribution < 1.29 is 4.79 Å². The van der Waals surface area contributed by atoms with E-state index in [0.29, 0.717) is 10.2 Å². The lowest BCUT2D eigenvalue weighted by Gasteiger charge is -2.13. The number of para-hydroxylation sites is 1. The fourth-order valence-corrected chi connectivity index (χ4v) is 3.92. The van der Waals surface area contributed by atoms with Gasteiger partial charge in [-0.3, -0.25) is 9.69 Å². The fourth-order valence-electron chi connectivity index (χ4n) is 2.84. The molecule has 124 valence electrons. The zero-order chi connectivity index (χ0) is 17.4. The molecule has 0 aliphatic heterocycles. The molecule has 0 radical (unpaired) electrons. The van der Waals surface area contributed by atoms with Crippen LogP contribution in [0.4, 0.5) is 10.8 Å². The Bertz CT molecular complexity index is 1050. The van der Waals surface area contributed by atoms with Crippen LogP contribution in [0.5, 0.6) is 0 Å². The molecule has 6 heteroatoms. The molecule has 4 rings (SSSR count). The Labute approximate surface area is 153 Å². The number of aromatic nitrogens is 2. The first-order valence-electron chi connectivity index (χ1n) is 7.68. The number of rotatable bonds is 4. The normalized spacial score (nSPS) is 11.0. The van der Waals surface area contributed by atoms with E-state index >= 15 is 0 Å². The Morgan fingerprint density at radius 1 is 1.16 bits per heavy atom. The van der Waals surface area contributed by atoms with Crippen molar-refractivity contribution in [1.82, 2.24) is 9.55 Å². The SMILES string of the molecule is Cn1c(-c2cnc(N(C=O)c3ccc(Cl)cc3)s2)cc2ccccc21. The van der Waals surface area contributed by atoms with E-state index in [0.717, 1.165) is 28.2 Å². The maximum atomic E-state index is 11.6. The predicted octanol–water partition coefficient (Wildman–Crippen LogP) is 5.25. The average molecular weight is 368 g/mol. The Balaban J connectivity index is 1.74. The first kappa shape index (κ1) is 15.9. The van der Waals surface area contributed by atoms with Crippen LogP contribution in [-0.2, 0) is 11.8 Å². The highest BCUT2D eigenvalue weighted by Gasteiger charge is 2.16. The molecule has 0 spiro atoms. The van der Waals surface area contributed by atoms with Crippen molar-refractivity contribution in [3.05, 3.63) is 65.8 Å². The van der Waals surface area contributed by atoms with Gasteiger partial charge in [-0.15, -0.1) is 0 Å². The molecule has 25 heavy (non-hydrogen) atoms. The van der Waals surface area contributed by atoms with Gasteiger partial charge in [0.1, 0.15) is 0 Å². The van der Waals surface area contributed by atoms with Gasteiger partial charge in [-0.05, 0) is 36.4 Å². The number of amides is 1. The van der Waals surface area contributed by atoms with E-state index < -0.39 is 0 Å². The highest BCUT2D eigenvalue weighted by molar-refractivity contribution is 7.19. The topological polar surface area (TPSA) is 38.1 Å². The van der Waals surface area contributed by atoms with Gasteiger partial charge < -0.3 is 4.57 Å². The number of halogens is 1. The largest absolute Gasteiger partial charge is 0.343 e.